The van der Waals surface area contributed by atoms with Gasteiger partial charge in [-0.25, -0.2) is 4.39 Å². The normalized spacial score (nSPS) is 11.8. The topological polar surface area (TPSA) is 43.4 Å². The van der Waals surface area contributed by atoms with Crippen LogP contribution in [0.5, 0.6) is 5.75 Å². The molecule has 0 aliphatic heterocycles. The maximum absolute atomic E-state index is 13.1. The van der Waals surface area contributed by atoms with E-state index >= 15 is 0 Å². The van der Waals surface area contributed by atoms with Crippen LogP contribution in [-0.2, 0) is 16.0 Å². The summed E-state index contributed by atoms with van der Waals surface area (Å²) in [6, 6.07) is 2.35. The van der Waals surface area contributed by atoms with E-state index < -0.39 is 39.7 Å². The van der Waals surface area contributed by atoms with Gasteiger partial charge in [0.05, 0.1) is 0 Å². The van der Waals surface area contributed by atoms with Gasteiger partial charge in [0, 0.05) is 11.6 Å². The zero-order valence-corrected chi connectivity index (χ0v) is 8.48. The van der Waals surface area contributed by atoms with Crippen LogP contribution in [0.2, 0.25) is 0 Å². The van der Waals surface area contributed by atoms with E-state index in [-0.39, 0.29) is 0 Å². The van der Waals surface area contributed by atoms with E-state index in [0.717, 1.165) is 12.1 Å². The Morgan fingerprint density at radius 3 is 2.38 bits per heavy atom. The molecule has 0 spiro atoms. The van der Waals surface area contributed by atoms with Crippen LogP contribution < -0.4 is 4.74 Å². The second-order valence-electron chi connectivity index (χ2n) is 2.81. The van der Waals surface area contributed by atoms with Gasteiger partial charge in [0.2, 0.25) is 0 Å². The highest BCUT2D eigenvalue weighted by molar-refractivity contribution is 7.85. The fraction of sp³-hybridized carbons (Fsp3) is 0.250. The molecule has 0 radical (unpaired) electrons. The summed E-state index contributed by atoms with van der Waals surface area (Å²) in [6.07, 6.45) is 0. The molecular weight excluding hydrogens is 252 g/mol. The number of alkyl halides is 2. The predicted molar refractivity (Wildman–Crippen MR) is 46.8 cm³/mol. The van der Waals surface area contributed by atoms with Crippen LogP contribution in [0, 0.1) is 5.82 Å². The molecule has 0 aromatic heterocycles. The summed E-state index contributed by atoms with van der Waals surface area (Å²) in [6.45, 7) is -3.12. The molecule has 0 atom stereocenters. The van der Waals surface area contributed by atoms with Crippen LogP contribution in [0.1, 0.15) is 5.56 Å². The monoisotopic (exact) mass is 258 g/mol. The Kier molecular flexibility index (Phi) is 3.74. The molecule has 0 heterocycles. The number of hydrogen-bond acceptors (Lipinski definition) is 3. The second-order valence-corrected chi connectivity index (χ2v) is 4.18. The molecule has 1 aromatic rings. The van der Waals surface area contributed by atoms with Crippen molar-refractivity contribution in [2.45, 2.75) is 12.4 Å². The van der Waals surface area contributed by atoms with Crippen molar-refractivity contribution in [2.75, 3.05) is 0 Å². The highest BCUT2D eigenvalue weighted by Gasteiger charge is 2.14. The van der Waals surface area contributed by atoms with Crippen LogP contribution >= 0.6 is 0 Å². The summed E-state index contributed by atoms with van der Waals surface area (Å²) in [5, 5.41) is 0. The summed E-state index contributed by atoms with van der Waals surface area (Å²) in [5.74, 6) is -2.74. The van der Waals surface area contributed by atoms with Gasteiger partial charge in [-0.15, -0.1) is 3.89 Å². The van der Waals surface area contributed by atoms with Crippen molar-refractivity contribution in [1.82, 2.24) is 0 Å². The summed E-state index contributed by atoms with van der Waals surface area (Å²) in [4.78, 5) is 0. The number of halogens is 4. The first kappa shape index (κ1) is 12.8. The van der Waals surface area contributed by atoms with E-state index in [2.05, 4.69) is 4.74 Å². The minimum atomic E-state index is -4.86. The minimum absolute atomic E-state index is 0.455. The molecule has 0 aliphatic rings. The Morgan fingerprint density at radius 2 is 1.94 bits per heavy atom. The third-order valence-electron chi connectivity index (χ3n) is 1.58. The van der Waals surface area contributed by atoms with Crippen molar-refractivity contribution >= 4 is 10.2 Å². The van der Waals surface area contributed by atoms with Gasteiger partial charge in [-0.1, -0.05) is 6.07 Å². The summed E-state index contributed by atoms with van der Waals surface area (Å²) < 4.78 is 73.1. The second kappa shape index (κ2) is 4.69. The molecule has 1 rings (SSSR count). The molecule has 0 saturated carbocycles. The summed E-state index contributed by atoms with van der Waals surface area (Å²) in [7, 11) is -4.86. The zero-order chi connectivity index (χ0) is 12.3. The molecule has 0 fully saturated rings. The zero-order valence-electron chi connectivity index (χ0n) is 7.66. The third kappa shape index (κ3) is 4.05. The van der Waals surface area contributed by atoms with Crippen LogP contribution in [0.15, 0.2) is 18.2 Å². The predicted octanol–water partition coefficient (Wildman–Crippen LogP) is 2.23. The van der Waals surface area contributed by atoms with Crippen molar-refractivity contribution in [3.63, 3.8) is 0 Å². The van der Waals surface area contributed by atoms with Gasteiger partial charge in [0.15, 0.2) is 0 Å². The van der Waals surface area contributed by atoms with Crippen molar-refractivity contribution in [1.29, 1.82) is 0 Å². The van der Waals surface area contributed by atoms with Crippen LogP contribution in [0.25, 0.3) is 0 Å². The van der Waals surface area contributed by atoms with Gasteiger partial charge < -0.3 is 4.74 Å². The highest BCUT2D eigenvalue weighted by atomic mass is 32.3. The average molecular weight is 258 g/mol. The van der Waals surface area contributed by atoms with Gasteiger partial charge in [0.25, 0.3) is 0 Å². The van der Waals surface area contributed by atoms with Gasteiger partial charge >= 0.3 is 16.8 Å². The quantitative estimate of drug-likeness (QED) is 0.614. The molecule has 0 amide bonds. The van der Waals surface area contributed by atoms with Gasteiger partial charge in [-0.3, -0.25) is 0 Å². The molecule has 1 aromatic carbocycles. The lowest BCUT2D eigenvalue weighted by Gasteiger charge is -2.06. The lowest BCUT2D eigenvalue weighted by Crippen LogP contribution is -2.04. The van der Waals surface area contributed by atoms with Crippen molar-refractivity contribution < 1.29 is 30.2 Å². The SMILES string of the molecule is O=S(=O)(F)Cc1ccc(OC(F)F)cc1F. The van der Waals surface area contributed by atoms with E-state index in [1.54, 1.807) is 0 Å². The summed E-state index contributed by atoms with van der Waals surface area (Å²) in [5.41, 5.74) is -0.455. The van der Waals surface area contributed by atoms with Crippen molar-refractivity contribution in [3.05, 3.63) is 29.6 Å². The molecule has 0 aliphatic carbocycles. The first-order chi connectivity index (χ1) is 7.28. The Bertz CT molecular complexity index is 472. The molecule has 0 bridgehead atoms. The largest absolute Gasteiger partial charge is 0.435 e. The molecule has 0 unspecified atom stereocenters. The average Bonchev–Trinajstić information content (AvgIpc) is 2.06. The van der Waals surface area contributed by atoms with Crippen LogP contribution in [-0.4, -0.2) is 15.0 Å². The maximum Gasteiger partial charge on any atom is 0.387 e. The lowest BCUT2D eigenvalue weighted by atomic mass is 10.2. The third-order valence-corrected chi connectivity index (χ3v) is 2.23. The lowest BCUT2D eigenvalue weighted by molar-refractivity contribution is -0.0500. The standard InChI is InChI=1S/C8H6F4O3S/c9-7-3-6(15-8(10)11)2-1-5(7)4-16(12,13)14/h1-3,8H,4H2. The molecule has 8 heteroatoms. The fourth-order valence-electron chi connectivity index (χ4n) is 1.01. The minimum Gasteiger partial charge on any atom is -0.435 e. The van der Waals surface area contributed by atoms with E-state index in [1.165, 1.54) is 0 Å². The van der Waals surface area contributed by atoms with E-state index in [1.807, 2.05) is 0 Å². The van der Waals surface area contributed by atoms with Crippen molar-refractivity contribution in [3.8, 4) is 5.75 Å². The summed E-state index contributed by atoms with van der Waals surface area (Å²) >= 11 is 0. The van der Waals surface area contributed by atoms with Gasteiger partial charge in [-0.05, 0) is 6.07 Å². The molecule has 3 nitrogen and oxygen atoms in total. The molecule has 0 saturated heterocycles. The number of ether oxygens (including phenoxy) is 1. The van der Waals surface area contributed by atoms with Gasteiger partial charge in [0.1, 0.15) is 17.3 Å². The first-order valence-electron chi connectivity index (χ1n) is 3.93. The Balaban J connectivity index is 2.92. The van der Waals surface area contributed by atoms with E-state index in [4.69, 9.17) is 0 Å². The van der Waals surface area contributed by atoms with Crippen LogP contribution in [0.4, 0.5) is 17.1 Å². The Morgan fingerprint density at radius 1 is 1.31 bits per heavy atom. The van der Waals surface area contributed by atoms with E-state index in [9.17, 15) is 25.5 Å². The van der Waals surface area contributed by atoms with Crippen LogP contribution in [0.3, 0.4) is 0 Å². The smallest absolute Gasteiger partial charge is 0.387 e. The number of rotatable bonds is 4. The molecule has 0 N–H and O–H groups in total. The fourth-order valence-corrected chi connectivity index (χ4v) is 1.61. The maximum atomic E-state index is 13.1. The number of benzene rings is 1. The van der Waals surface area contributed by atoms with Gasteiger partial charge in [-0.2, -0.15) is 17.2 Å². The molecule has 90 valence electrons. The Labute approximate surface area is 88.9 Å². The first-order valence-corrected chi connectivity index (χ1v) is 5.49. The highest BCUT2D eigenvalue weighted by Crippen LogP contribution is 2.20. The number of hydrogen-bond donors (Lipinski definition) is 0. The molecular formula is C8H6F4O3S. The van der Waals surface area contributed by atoms with Crippen molar-refractivity contribution in [2.24, 2.45) is 0 Å². The molecule has 16 heavy (non-hydrogen) atoms. The van der Waals surface area contributed by atoms with E-state index in [0.29, 0.717) is 6.07 Å². The Hall–Kier alpha value is -1.31.